The Hall–Kier alpha value is -2.54. The molecular weight excluding hydrogens is 314 g/mol. The van der Waals surface area contributed by atoms with Crippen molar-refractivity contribution in [1.82, 2.24) is 9.97 Å². The maximum atomic E-state index is 12.8. The van der Waals surface area contributed by atoms with E-state index in [1.807, 2.05) is 0 Å². The van der Waals surface area contributed by atoms with Crippen molar-refractivity contribution in [3.05, 3.63) is 65.3 Å². The number of benzene rings is 1. The van der Waals surface area contributed by atoms with Crippen molar-refractivity contribution in [2.75, 3.05) is 12.9 Å². The number of hydrogen-bond acceptors (Lipinski definition) is 7. The Morgan fingerprint density at radius 1 is 1.65 bits per heavy atom. The van der Waals surface area contributed by atoms with Crippen LogP contribution in [0.25, 0.3) is 0 Å². The van der Waals surface area contributed by atoms with Gasteiger partial charge in [0.25, 0.3) is 0 Å². The molecular formula is C16H15N3O3S. The Labute approximate surface area is 142 Å². The quantitative estimate of drug-likeness (QED) is 0.242. The fourth-order valence-electron chi connectivity index (χ4n) is 1.69. The molecule has 0 bridgehead atoms. The Morgan fingerprint density at radius 2 is 2.48 bits per heavy atom. The van der Waals surface area contributed by atoms with Gasteiger partial charge in [-0.2, -0.15) is 0 Å². The first-order valence-corrected chi connectivity index (χ1v) is 7.72. The van der Waals surface area contributed by atoms with Gasteiger partial charge in [-0.25, -0.2) is 9.97 Å². The summed E-state index contributed by atoms with van der Waals surface area (Å²) in [4.78, 5) is 31.9. The fourth-order valence-corrected chi connectivity index (χ4v) is 2.01. The maximum Gasteiger partial charge on any atom is 0.197 e. The van der Waals surface area contributed by atoms with Gasteiger partial charge in [0.1, 0.15) is 12.4 Å². The minimum Gasteiger partial charge on any atom is -0.490 e. The molecule has 0 spiro atoms. The van der Waals surface area contributed by atoms with Gasteiger partial charge >= 0.3 is 0 Å². The van der Waals surface area contributed by atoms with Crippen molar-refractivity contribution in [1.29, 1.82) is 0 Å². The number of ether oxygens (including phenoxy) is 1. The maximum absolute atomic E-state index is 12.8. The van der Waals surface area contributed by atoms with Crippen LogP contribution in [0, 0.1) is 4.91 Å². The first kappa shape index (κ1) is 13.0. The van der Waals surface area contributed by atoms with E-state index in [1.165, 1.54) is 24.3 Å². The van der Waals surface area contributed by atoms with Crippen LogP contribution in [-0.2, 0) is 0 Å². The highest BCUT2D eigenvalue weighted by Gasteiger charge is 2.25. The molecule has 23 heavy (non-hydrogen) atoms. The van der Waals surface area contributed by atoms with Crippen LogP contribution in [-0.4, -0.2) is 28.6 Å². The Bertz CT molecular complexity index is 866. The fraction of sp³-hybridized carbons (Fsp3) is 0.188. The summed E-state index contributed by atoms with van der Waals surface area (Å²) in [5.41, 5.74) is -0.532. The van der Waals surface area contributed by atoms with E-state index < -0.39 is 29.7 Å². The zero-order valence-corrected chi connectivity index (χ0v) is 13.1. The average molecular weight is 332 g/mol. The van der Waals surface area contributed by atoms with Crippen LogP contribution in [0.1, 0.15) is 26.2 Å². The molecule has 0 amide bonds. The molecule has 1 atom stereocenters. The molecule has 1 unspecified atom stereocenters. The lowest BCUT2D eigenvalue weighted by Crippen LogP contribution is -2.13. The second kappa shape index (κ2) is 8.19. The van der Waals surface area contributed by atoms with Crippen molar-refractivity contribution in [3.63, 3.8) is 0 Å². The number of Topliss-reactive ketones (excluding diaryl/α,β-unsaturated/α-hetero) is 1. The second-order valence-electron chi connectivity index (χ2n) is 4.19. The Balaban J connectivity index is 2.53. The normalized spacial score (nSPS) is 14.7. The van der Waals surface area contributed by atoms with Crippen molar-refractivity contribution >= 4 is 17.5 Å². The van der Waals surface area contributed by atoms with Crippen LogP contribution in [0.3, 0.4) is 0 Å². The molecule has 2 aromatic rings. The lowest BCUT2D eigenvalue weighted by atomic mass is 10.0. The van der Waals surface area contributed by atoms with E-state index in [4.69, 9.17) is 8.85 Å². The molecule has 6 nitrogen and oxygen atoms in total. The molecule has 0 saturated heterocycles. The topological polar surface area (TPSA) is 81.5 Å². The van der Waals surface area contributed by atoms with Crippen LogP contribution < -0.4 is 4.74 Å². The van der Waals surface area contributed by atoms with Crippen LogP contribution in [0.15, 0.2) is 59.5 Å². The number of rotatable bonds is 8. The summed E-state index contributed by atoms with van der Waals surface area (Å²) < 4.78 is 29.2. The summed E-state index contributed by atoms with van der Waals surface area (Å²) >= 11 is 1.06. The zero-order valence-electron chi connectivity index (χ0n) is 15.3. The molecule has 0 saturated carbocycles. The molecule has 1 aromatic heterocycles. The largest absolute Gasteiger partial charge is 0.490 e. The molecule has 1 heterocycles. The number of carbonyl (C=O) groups excluding carboxylic acids is 1. The number of hydrogen-bond donors (Lipinski definition) is 0. The van der Waals surface area contributed by atoms with Gasteiger partial charge in [0.2, 0.25) is 0 Å². The van der Waals surface area contributed by atoms with Gasteiger partial charge in [0, 0.05) is 11.7 Å². The summed E-state index contributed by atoms with van der Waals surface area (Å²) in [6.45, 7) is 3.75. The van der Waals surface area contributed by atoms with Crippen LogP contribution >= 0.6 is 11.8 Å². The molecule has 0 aliphatic rings. The van der Waals surface area contributed by atoms with E-state index >= 15 is 0 Å². The van der Waals surface area contributed by atoms with E-state index in [2.05, 4.69) is 21.7 Å². The SMILES string of the molecule is [2H]c1nc(SC)nc(C([2H])(N=O)C(=O)c2cccc(OCC=C)c2)c1[2H]. The summed E-state index contributed by atoms with van der Waals surface area (Å²) in [7, 11) is 0. The number of aromatic nitrogens is 2. The first-order valence-electron chi connectivity index (χ1n) is 8.00. The molecule has 0 aliphatic heterocycles. The number of nitroso groups, excluding NO2 is 1. The lowest BCUT2D eigenvalue weighted by Gasteiger charge is -2.10. The van der Waals surface area contributed by atoms with Crippen molar-refractivity contribution in [3.8, 4) is 5.75 Å². The third-order valence-electron chi connectivity index (χ3n) is 2.71. The van der Waals surface area contributed by atoms with E-state index in [0.29, 0.717) is 5.75 Å². The van der Waals surface area contributed by atoms with Gasteiger partial charge in [0.15, 0.2) is 17.0 Å². The minimum absolute atomic E-state index is 0.00333. The van der Waals surface area contributed by atoms with Gasteiger partial charge in [-0.1, -0.05) is 41.7 Å². The molecule has 0 N–H and O–H groups in total. The summed E-state index contributed by atoms with van der Waals surface area (Å²) in [5.74, 6) is -0.626. The molecule has 118 valence electrons. The van der Waals surface area contributed by atoms with Crippen molar-refractivity contribution < 1.29 is 13.6 Å². The number of carbonyl (C=O) groups is 1. The highest BCUT2D eigenvalue weighted by Crippen LogP contribution is 2.24. The zero-order chi connectivity index (χ0) is 19.3. The van der Waals surface area contributed by atoms with Gasteiger partial charge in [-0.3, -0.25) is 4.79 Å². The van der Waals surface area contributed by atoms with Crippen LogP contribution in [0.4, 0.5) is 0 Å². The minimum atomic E-state index is -2.71. The molecule has 2 rings (SSSR count). The van der Waals surface area contributed by atoms with E-state index in [0.717, 1.165) is 11.8 Å². The summed E-state index contributed by atoms with van der Waals surface area (Å²) in [6.07, 6.45) is 2.67. The summed E-state index contributed by atoms with van der Waals surface area (Å²) in [5, 5.41) is 2.71. The standard InChI is InChI=1S/C16H15N3O3S/c1-3-9-22-12-6-4-5-11(10-12)15(20)14(19-21)13-7-8-17-16(18-13)23-2/h3-8,10,14H,1,9H2,2H3/i7D,8D,14D. The molecule has 7 heteroatoms. The Kier molecular flexibility index (Phi) is 4.61. The third kappa shape index (κ3) is 4.23. The number of ketones is 1. The smallest absolute Gasteiger partial charge is 0.197 e. The van der Waals surface area contributed by atoms with Gasteiger partial charge in [-0.15, -0.1) is 4.91 Å². The first-order chi connectivity index (χ1) is 12.4. The Morgan fingerprint density at radius 3 is 3.17 bits per heavy atom. The monoisotopic (exact) mass is 332 g/mol. The predicted molar refractivity (Wildman–Crippen MR) is 88.8 cm³/mol. The summed E-state index contributed by atoms with van der Waals surface area (Å²) in [6, 6.07) is 2.60. The molecule has 0 aliphatic carbocycles. The van der Waals surface area contributed by atoms with Crippen molar-refractivity contribution in [2.45, 2.75) is 11.2 Å². The van der Waals surface area contributed by atoms with Crippen molar-refractivity contribution in [2.24, 2.45) is 5.18 Å². The van der Waals surface area contributed by atoms with E-state index in [9.17, 15) is 9.70 Å². The lowest BCUT2D eigenvalue weighted by molar-refractivity contribution is 0.0959. The number of thioether (sulfide) groups is 1. The van der Waals surface area contributed by atoms with Gasteiger partial charge in [0.05, 0.1) is 9.81 Å². The highest BCUT2D eigenvalue weighted by molar-refractivity contribution is 7.98. The third-order valence-corrected chi connectivity index (χ3v) is 3.26. The van der Waals surface area contributed by atoms with Crippen LogP contribution in [0.5, 0.6) is 5.75 Å². The number of nitrogens with zero attached hydrogens (tertiary/aromatic N) is 3. The van der Waals surface area contributed by atoms with E-state index in [1.54, 1.807) is 12.3 Å². The highest BCUT2D eigenvalue weighted by atomic mass is 32.2. The molecule has 0 fully saturated rings. The van der Waals surface area contributed by atoms with Gasteiger partial charge in [-0.05, 0) is 24.4 Å². The second-order valence-corrected chi connectivity index (χ2v) is 4.97. The van der Waals surface area contributed by atoms with E-state index in [-0.39, 0.29) is 17.3 Å². The molecule has 1 aromatic carbocycles. The van der Waals surface area contributed by atoms with Crippen LogP contribution in [0.2, 0.25) is 0 Å². The average Bonchev–Trinajstić information content (AvgIpc) is 2.67. The molecule has 0 radical (unpaired) electrons. The predicted octanol–water partition coefficient (Wildman–Crippen LogP) is 3.45. The van der Waals surface area contributed by atoms with Gasteiger partial charge < -0.3 is 4.74 Å².